The van der Waals surface area contributed by atoms with Crippen LogP contribution in [0.15, 0.2) is 53.4 Å². The Hall–Kier alpha value is -3.55. The van der Waals surface area contributed by atoms with Crippen LogP contribution in [0, 0.1) is 28.4 Å². The maximum Gasteiger partial charge on any atom is 0.270 e. The van der Waals surface area contributed by atoms with Gasteiger partial charge in [0.2, 0.25) is 10.0 Å². The van der Waals surface area contributed by atoms with E-state index in [1.54, 1.807) is 18.2 Å². The van der Waals surface area contributed by atoms with Crippen molar-refractivity contribution < 1.29 is 13.3 Å². The monoisotopic (exact) mass is 437 g/mol. The Labute approximate surface area is 179 Å². The lowest BCUT2D eigenvalue weighted by Gasteiger charge is -2.36. The molecule has 1 saturated heterocycles. The number of aryl methyl sites for hydroxylation is 1. The van der Waals surface area contributed by atoms with Gasteiger partial charge in [0.25, 0.3) is 5.69 Å². The smallest absolute Gasteiger partial charge is 0.270 e. The lowest BCUT2D eigenvalue weighted by atomic mass is 10.1. The molecule has 2 aromatic carbocycles. The molecule has 0 N–H and O–H groups in total. The Balaban J connectivity index is 1.63. The van der Waals surface area contributed by atoms with Crippen molar-refractivity contribution in [1.82, 2.24) is 9.29 Å². The molecular weight excluding hydrogens is 418 g/mol. The van der Waals surface area contributed by atoms with Crippen molar-refractivity contribution in [3.05, 3.63) is 69.9 Å². The van der Waals surface area contributed by atoms with E-state index in [0.717, 1.165) is 11.4 Å². The zero-order valence-corrected chi connectivity index (χ0v) is 17.5. The fraction of sp³-hybridized carbons (Fsp3) is 0.238. The average Bonchev–Trinajstić information content (AvgIpc) is 2.78. The number of non-ortho nitro benzene ring substituents is 1. The highest BCUT2D eigenvalue weighted by atomic mass is 32.2. The summed E-state index contributed by atoms with van der Waals surface area (Å²) in [6, 6.07) is 14.5. The summed E-state index contributed by atoms with van der Waals surface area (Å²) in [5.74, 6) is 0. The van der Waals surface area contributed by atoms with Gasteiger partial charge in [-0.1, -0.05) is 12.1 Å². The van der Waals surface area contributed by atoms with E-state index in [1.807, 2.05) is 24.0 Å². The first-order valence-corrected chi connectivity index (χ1v) is 11.1. The lowest BCUT2D eigenvalue weighted by molar-refractivity contribution is -0.384. The molecule has 0 atom stereocenters. The molecule has 0 spiro atoms. The maximum absolute atomic E-state index is 13.1. The zero-order valence-electron chi connectivity index (χ0n) is 16.7. The molecule has 0 bridgehead atoms. The number of nitriles is 1. The van der Waals surface area contributed by atoms with Gasteiger partial charge in [-0.05, 0) is 31.2 Å². The van der Waals surface area contributed by atoms with Gasteiger partial charge < -0.3 is 4.90 Å². The second-order valence-electron chi connectivity index (χ2n) is 7.24. The number of nitro groups is 1. The molecule has 1 aliphatic heterocycles. The second kappa shape index (κ2) is 7.94. The fourth-order valence-electron chi connectivity index (χ4n) is 3.79. The highest BCUT2D eigenvalue weighted by Crippen LogP contribution is 2.31. The quantitative estimate of drug-likeness (QED) is 0.454. The Morgan fingerprint density at radius 3 is 2.48 bits per heavy atom. The number of piperazine rings is 1. The van der Waals surface area contributed by atoms with Gasteiger partial charge in [0.15, 0.2) is 0 Å². The first kappa shape index (κ1) is 20.7. The molecule has 1 fully saturated rings. The van der Waals surface area contributed by atoms with E-state index in [1.165, 1.54) is 28.6 Å². The largest absolute Gasteiger partial charge is 0.368 e. The minimum Gasteiger partial charge on any atom is -0.368 e. The molecule has 0 amide bonds. The van der Waals surface area contributed by atoms with Gasteiger partial charge in [-0.2, -0.15) is 9.57 Å². The summed E-state index contributed by atoms with van der Waals surface area (Å²) in [7, 11) is -3.80. The molecule has 4 rings (SSSR count). The van der Waals surface area contributed by atoms with Crippen LogP contribution in [-0.4, -0.2) is 48.8 Å². The van der Waals surface area contributed by atoms with Crippen LogP contribution < -0.4 is 4.90 Å². The Bertz CT molecular complexity index is 1330. The molecule has 1 aliphatic rings. The summed E-state index contributed by atoms with van der Waals surface area (Å²) in [6.07, 6.45) is 0. The number of rotatable bonds is 4. The summed E-state index contributed by atoms with van der Waals surface area (Å²) >= 11 is 0. The van der Waals surface area contributed by atoms with Crippen molar-refractivity contribution in [3.8, 4) is 6.07 Å². The summed E-state index contributed by atoms with van der Waals surface area (Å²) in [5, 5.41) is 21.1. The van der Waals surface area contributed by atoms with Crippen molar-refractivity contribution >= 4 is 32.3 Å². The van der Waals surface area contributed by atoms with E-state index in [9.17, 15) is 23.8 Å². The number of hydrogen-bond donors (Lipinski definition) is 0. The number of anilines is 1. The summed E-state index contributed by atoms with van der Waals surface area (Å²) in [5.41, 5.74) is 2.32. The lowest BCUT2D eigenvalue weighted by Crippen LogP contribution is -2.48. The van der Waals surface area contributed by atoms with Crippen LogP contribution in [0.5, 0.6) is 0 Å². The van der Waals surface area contributed by atoms with Crippen LogP contribution in [0.4, 0.5) is 11.4 Å². The summed E-state index contributed by atoms with van der Waals surface area (Å²) in [4.78, 5) is 17.3. The average molecular weight is 437 g/mol. The Morgan fingerprint density at radius 2 is 1.81 bits per heavy atom. The van der Waals surface area contributed by atoms with E-state index in [-0.39, 0.29) is 29.2 Å². The SMILES string of the molecule is Cc1cc(N2CCN(S(=O)(=O)c3ccccc3C#N)CC2)c2cc([N+](=O)[O-])ccc2n1. The molecule has 31 heavy (non-hydrogen) atoms. The van der Waals surface area contributed by atoms with Gasteiger partial charge in [0.1, 0.15) is 6.07 Å². The molecule has 0 aliphatic carbocycles. The number of nitro benzene ring substituents is 1. The number of hydrogen-bond acceptors (Lipinski definition) is 7. The van der Waals surface area contributed by atoms with Crippen molar-refractivity contribution in [2.75, 3.05) is 31.1 Å². The predicted octanol–water partition coefficient (Wildman–Crippen LogP) is 2.83. The molecule has 1 aromatic heterocycles. The standard InChI is InChI=1S/C21H19N5O4S/c1-15-12-20(18-13-17(26(27)28)6-7-19(18)23-15)24-8-10-25(11-9-24)31(29,30)21-5-3-2-4-16(21)14-22/h2-7,12-13H,8-11H2,1H3. The normalized spacial score (nSPS) is 15.0. The predicted molar refractivity (Wildman–Crippen MR) is 115 cm³/mol. The molecule has 9 nitrogen and oxygen atoms in total. The highest BCUT2D eigenvalue weighted by molar-refractivity contribution is 7.89. The van der Waals surface area contributed by atoms with Crippen LogP contribution in [0.1, 0.15) is 11.3 Å². The molecule has 0 unspecified atom stereocenters. The number of pyridine rings is 1. The molecule has 10 heteroatoms. The minimum atomic E-state index is -3.80. The van der Waals surface area contributed by atoms with Crippen molar-refractivity contribution in [1.29, 1.82) is 5.26 Å². The first-order chi connectivity index (χ1) is 14.8. The van der Waals surface area contributed by atoms with E-state index >= 15 is 0 Å². The molecule has 0 saturated carbocycles. The van der Waals surface area contributed by atoms with Crippen LogP contribution >= 0.6 is 0 Å². The van der Waals surface area contributed by atoms with E-state index in [0.29, 0.717) is 24.0 Å². The molecule has 0 radical (unpaired) electrons. The van der Waals surface area contributed by atoms with Crippen LogP contribution in [-0.2, 0) is 10.0 Å². The van der Waals surface area contributed by atoms with Gasteiger partial charge in [0.05, 0.1) is 20.9 Å². The molecular formula is C21H19N5O4S. The van der Waals surface area contributed by atoms with Crippen molar-refractivity contribution in [3.63, 3.8) is 0 Å². The van der Waals surface area contributed by atoms with Gasteiger partial charge in [-0.15, -0.1) is 0 Å². The fourth-order valence-corrected chi connectivity index (χ4v) is 5.36. The van der Waals surface area contributed by atoms with Gasteiger partial charge in [-0.25, -0.2) is 8.42 Å². The minimum absolute atomic E-state index is 0.00628. The van der Waals surface area contributed by atoms with Crippen LogP contribution in [0.25, 0.3) is 10.9 Å². The summed E-state index contributed by atoms with van der Waals surface area (Å²) < 4.78 is 27.5. The van der Waals surface area contributed by atoms with Crippen LogP contribution in [0.2, 0.25) is 0 Å². The third-order valence-electron chi connectivity index (χ3n) is 5.31. The number of nitrogens with zero attached hydrogens (tertiary/aromatic N) is 5. The third kappa shape index (κ3) is 3.81. The van der Waals surface area contributed by atoms with Crippen molar-refractivity contribution in [2.45, 2.75) is 11.8 Å². The summed E-state index contributed by atoms with van der Waals surface area (Å²) in [6.45, 7) is 3.15. The van der Waals surface area contributed by atoms with Gasteiger partial charge >= 0.3 is 0 Å². The third-order valence-corrected chi connectivity index (χ3v) is 7.27. The second-order valence-corrected chi connectivity index (χ2v) is 9.15. The Kier molecular flexibility index (Phi) is 5.31. The number of benzene rings is 2. The van der Waals surface area contributed by atoms with Gasteiger partial charge in [0, 0.05) is 55.1 Å². The maximum atomic E-state index is 13.1. The van der Waals surface area contributed by atoms with E-state index < -0.39 is 14.9 Å². The van der Waals surface area contributed by atoms with Crippen LogP contribution in [0.3, 0.4) is 0 Å². The Morgan fingerprint density at radius 1 is 1.10 bits per heavy atom. The highest BCUT2D eigenvalue weighted by Gasteiger charge is 2.31. The molecule has 2 heterocycles. The van der Waals surface area contributed by atoms with Gasteiger partial charge in [-0.3, -0.25) is 15.1 Å². The molecule has 3 aromatic rings. The number of aromatic nitrogens is 1. The van der Waals surface area contributed by atoms with E-state index in [2.05, 4.69) is 4.98 Å². The number of sulfonamides is 1. The first-order valence-electron chi connectivity index (χ1n) is 9.61. The topological polar surface area (TPSA) is 120 Å². The molecule has 158 valence electrons. The van der Waals surface area contributed by atoms with E-state index in [4.69, 9.17) is 0 Å². The zero-order chi connectivity index (χ0) is 22.2. The number of fused-ring (bicyclic) bond motifs is 1. The van der Waals surface area contributed by atoms with Crippen molar-refractivity contribution in [2.24, 2.45) is 0 Å².